The van der Waals surface area contributed by atoms with Gasteiger partial charge < -0.3 is 14.6 Å². The molecule has 0 saturated heterocycles. The van der Waals surface area contributed by atoms with Crippen molar-refractivity contribution in [3.8, 4) is 11.5 Å². The van der Waals surface area contributed by atoms with Crippen molar-refractivity contribution in [2.75, 3.05) is 14.2 Å². The summed E-state index contributed by atoms with van der Waals surface area (Å²) in [5.41, 5.74) is 1.15. The lowest BCUT2D eigenvalue weighted by Crippen LogP contribution is -2.04. The van der Waals surface area contributed by atoms with Crippen LogP contribution in [-0.2, 0) is 0 Å². The van der Waals surface area contributed by atoms with Crippen LogP contribution in [0.1, 0.15) is 24.8 Å². The fourth-order valence-corrected chi connectivity index (χ4v) is 2.23. The van der Waals surface area contributed by atoms with Gasteiger partial charge in [-0.1, -0.05) is 0 Å². The first kappa shape index (κ1) is 11.3. The van der Waals surface area contributed by atoms with Crippen molar-refractivity contribution in [3.05, 3.63) is 23.8 Å². The van der Waals surface area contributed by atoms with Gasteiger partial charge in [0.05, 0.1) is 20.3 Å². The van der Waals surface area contributed by atoms with E-state index in [1.165, 1.54) is 0 Å². The summed E-state index contributed by atoms with van der Waals surface area (Å²) in [4.78, 5) is 0. The van der Waals surface area contributed by atoms with Crippen LogP contribution in [0.3, 0.4) is 0 Å². The van der Waals surface area contributed by atoms with Gasteiger partial charge >= 0.3 is 0 Å². The third-order valence-corrected chi connectivity index (χ3v) is 3.30. The largest absolute Gasteiger partial charge is 0.497 e. The molecule has 0 amide bonds. The molecule has 1 aromatic carbocycles. The summed E-state index contributed by atoms with van der Waals surface area (Å²) < 4.78 is 10.5. The zero-order chi connectivity index (χ0) is 11.7. The molecule has 0 aliphatic heterocycles. The van der Waals surface area contributed by atoms with E-state index in [2.05, 4.69) is 0 Å². The van der Waals surface area contributed by atoms with Gasteiger partial charge in [0.1, 0.15) is 11.5 Å². The van der Waals surface area contributed by atoms with E-state index >= 15 is 0 Å². The van der Waals surface area contributed by atoms with Crippen molar-refractivity contribution >= 4 is 0 Å². The first-order chi connectivity index (χ1) is 7.67. The topological polar surface area (TPSA) is 38.7 Å². The molecular formula is C13H18O3. The Labute approximate surface area is 96.0 Å². The molecule has 2 rings (SSSR count). The van der Waals surface area contributed by atoms with Crippen molar-refractivity contribution in [1.82, 2.24) is 0 Å². The molecule has 0 aromatic heterocycles. The van der Waals surface area contributed by atoms with Gasteiger partial charge in [-0.2, -0.15) is 0 Å². The molecule has 16 heavy (non-hydrogen) atoms. The molecule has 1 aliphatic carbocycles. The van der Waals surface area contributed by atoms with Gasteiger partial charge in [0.2, 0.25) is 0 Å². The van der Waals surface area contributed by atoms with Gasteiger partial charge in [0.25, 0.3) is 0 Å². The smallest absolute Gasteiger partial charge is 0.122 e. The summed E-state index contributed by atoms with van der Waals surface area (Å²) in [7, 11) is 3.33. The van der Waals surface area contributed by atoms with Crippen molar-refractivity contribution in [1.29, 1.82) is 0 Å². The lowest BCUT2D eigenvalue weighted by molar-refractivity contribution is 0.168. The molecule has 0 spiro atoms. The number of aliphatic hydroxyl groups is 1. The number of ether oxygens (including phenoxy) is 2. The Morgan fingerprint density at radius 2 is 2.06 bits per heavy atom. The van der Waals surface area contributed by atoms with E-state index in [-0.39, 0.29) is 6.10 Å². The molecular weight excluding hydrogens is 204 g/mol. The first-order valence-corrected chi connectivity index (χ1v) is 5.57. The summed E-state index contributed by atoms with van der Waals surface area (Å²) in [6.45, 7) is 1.84. The lowest BCUT2D eigenvalue weighted by Gasteiger charge is -2.11. The van der Waals surface area contributed by atoms with Crippen LogP contribution in [0.2, 0.25) is 0 Å². The predicted molar refractivity (Wildman–Crippen MR) is 62.1 cm³/mol. The molecule has 0 radical (unpaired) electrons. The molecule has 0 unspecified atom stereocenters. The average Bonchev–Trinajstić information content (AvgIpc) is 3.08. The fourth-order valence-electron chi connectivity index (χ4n) is 2.23. The summed E-state index contributed by atoms with van der Waals surface area (Å²) in [5, 5.41) is 9.54. The van der Waals surface area contributed by atoms with E-state index in [0.29, 0.717) is 11.8 Å². The number of methoxy groups -OCH3 is 2. The number of hydrogen-bond donors (Lipinski definition) is 1. The van der Waals surface area contributed by atoms with Crippen LogP contribution in [0.25, 0.3) is 0 Å². The Balaban J connectivity index is 2.25. The molecule has 1 N–H and O–H groups in total. The highest BCUT2D eigenvalue weighted by molar-refractivity contribution is 5.45. The quantitative estimate of drug-likeness (QED) is 0.848. The second kappa shape index (κ2) is 4.34. The highest BCUT2D eigenvalue weighted by Crippen LogP contribution is 2.52. The Hall–Kier alpha value is -1.22. The van der Waals surface area contributed by atoms with Gasteiger partial charge in [0, 0.05) is 5.56 Å². The zero-order valence-corrected chi connectivity index (χ0v) is 9.93. The molecule has 3 atom stereocenters. The number of aliphatic hydroxyl groups excluding tert-OH is 1. The molecule has 88 valence electrons. The van der Waals surface area contributed by atoms with Crippen LogP contribution in [0.15, 0.2) is 18.2 Å². The molecule has 1 aromatic rings. The van der Waals surface area contributed by atoms with Crippen LogP contribution < -0.4 is 9.47 Å². The molecule has 1 aliphatic rings. The Bertz CT molecular complexity index is 373. The Morgan fingerprint density at radius 3 is 2.56 bits per heavy atom. The molecule has 0 bridgehead atoms. The minimum atomic E-state index is -0.249. The Morgan fingerprint density at radius 1 is 1.31 bits per heavy atom. The van der Waals surface area contributed by atoms with Crippen LogP contribution in [0.4, 0.5) is 0 Å². The van der Waals surface area contributed by atoms with Crippen molar-refractivity contribution in [2.45, 2.75) is 25.4 Å². The second-order valence-electron chi connectivity index (χ2n) is 4.35. The number of hydrogen-bond acceptors (Lipinski definition) is 3. The maximum absolute atomic E-state index is 9.54. The van der Waals surface area contributed by atoms with Crippen molar-refractivity contribution in [2.24, 2.45) is 5.92 Å². The van der Waals surface area contributed by atoms with E-state index in [4.69, 9.17) is 9.47 Å². The molecule has 3 nitrogen and oxygen atoms in total. The van der Waals surface area contributed by atoms with Crippen LogP contribution in [-0.4, -0.2) is 25.4 Å². The summed E-state index contributed by atoms with van der Waals surface area (Å²) in [6.07, 6.45) is 0.780. The number of benzene rings is 1. The standard InChI is InChI=1S/C13H18O3/c1-8(14)10-7-11(10)12-6-9(15-2)4-5-13(12)16-3/h4-6,8,10-11,14H,7H2,1-3H3/t8-,10+,11+/m1/s1. The summed E-state index contributed by atoms with van der Waals surface area (Å²) >= 11 is 0. The molecule has 3 heteroatoms. The van der Waals surface area contributed by atoms with Crippen molar-refractivity contribution in [3.63, 3.8) is 0 Å². The third kappa shape index (κ3) is 2.00. The first-order valence-electron chi connectivity index (χ1n) is 5.57. The normalized spacial score (nSPS) is 25.0. The van der Waals surface area contributed by atoms with E-state index in [1.807, 2.05) is 25.1 Å². The highest BCUT2D eigenvalue weighted by atomic mass is 16.5. The van der Waals surface area contributed by atoms with E-state index in [1.54, 1.807) is 14.2 Å². The lowest BCUT2D eigenvalue weighted by atomic mass is 10.1. The van der Waals surface area contributed by atoms with Crippen LogP contribution in [0.5, 0.6) is 11.5 Å². The maximum atomic E-state index is 9.54. The molecule has 0 heterocycles. The third-order valence-electron chi connectivity index (χ3n) is 3.30. The van der Waals surface area contributed by atoms with E-state index in [0.717, 1.165) is 23.5 Å². The predicted octanol–water partition coefficient (Wildman–Crippen LogP) is 2.19. The summed E-state index contributed by atoms with van der Waals surface area (Å²) in [5.74, 6) is 2.49. The van der Waals surface area contributed by atoms with E-state index < -0.39 is 0 Å². The highest BCUT2D eigenvalue weighted by Gasteiger charge is 2.43. The van der Waals surface area contributed by atoms with Crippen LogP contribution in [0, 0.1) is 5.92 Å². The maximum Gasteiger partial charge on any atom is 0.122 e. The van der Waals surface area contributed by atoms with Gasteiger partial charge in [-0.05, 0) is 43.4 Å². The Kier molecular flexibility index (Phi) is 3.06. The molecule has 1 fully saturated rings. The van der Waals surface area contributed by atoms with E-state index in [9.17, 15) is 5.11 Å². The van der Waals surface area contributed by atoms with Crippen molar-refractivity contribution < 1.29 is 14.6 Å². The summed E-state index contributed by atoms with van der Waals surface area (Å²) in [6, 6.07) is 5.82. The van der Waals surface area contributed by atoms with Gasteiger partial charge in [-0.3, -0.25) is 0 Å². The monoisotopic (exact) mass is 222 g/mol. The minimum Gasteiger partial charge on any atom is -0.497 e. The molecule has 1 saturated carbocycles. The average molecular weight is 222 g/mol. The van der Waals surface area contributed by atoms with Gasteiger partial charge in [-0.15, -0.1) is 0 Å². The SMILES string of the molecule is COc1ccc(OC)c([C@H]2C[C@H]2[C@@H](C)O)c1. The number of rotatable bonds is 4. The second-order valence-corrected chi connectivity index (χ2v) is 4.35. The van der Waals surface area contributed by atoms with Crippen LogP contribution >= 0.6 is 0 Å². The zero-order valence-electron chi connectivity index (χ0n) is 9.93. The fraction of sp³-hybridized carbons (Fsp3) is 0.538. The van der Waals surface area contributed by atoms with Gasteiger partial charge in [0.15, 0.2) is 0 Å². The van der Waals surface area contributed by atoms with Gasteiger partial charge in [-0.25, -0.2) is 0 Å². The minimum absolute atomic E-state index is 0.249.